The smallest absolute Gasteiger partial charge is 0.330 e. The highest BCUT2D eigenvalue weighted by molar-refractivity contribution is 5.31. The van der Waals surface area contributed by atoms with Crippen LogP contribution in [0.2, 0.25) is 0 Å². The summed E-state index contributed by atoms with van der Waals surface area (Å²) in [5.41, 5.74) is 4.39. The van der Waals surface area contributed by atoms with Gasteiger partial charge in [-0.25, -0.2) is 4.39 Å². The summed E-state index contributed by atoms with van der Waals surface area (Å²) in [6.07, 6.45) is -3.78. The predicted molar refractivity (Wildman–Crippen MR) is 63.8 cm³/mol. The molecule has 0 aromatic heterocycles. The minimum absolute atomic E-state index is 0.00910. The van der Waals surface area contributed by atoms with E-state index in [-0.39, 0.29) is 12.1 Å². The number of nitrogens with two attached hydrogens (primary N) is 1. The Kier molecular flexibility index (Phi) is 4.10. The maximum absolute atomic E-state index is 13.4. The minimum atomic E-state index is -4.66. The molecule has 2 nitrogen and oxygen atoms in total. The van der Waals surface area contributed by atoms with Crippen LogP contribution in [0.3, 0.4) is 0 Å². The first-order valence-corrected chi connectivity index (χ1v) is 6.19. The number of benzene rings is 1. The van der Waals surface area contributed by atoms with Crippen molar-refractivity contribution in [1.29, 1.82) is 0 Å². The molecule has 0 spiro atoms. The molecule has 1 atom stereocenters. The van der Waals surface area contributed by atoms with Gasteiger partial charge in [-0.15, -0.1) is 0 Å². The topological polar surface area (TPSA) is 29.3 Å². The molecule has 2 N–H and O–H groups in total. The van der Waals surface area contributed by atoms with Crippen LogP contribution in [0.5, 0.6) is 0 Å². The summed E-state index contributed by atoms with van der Waals surface area (Å²) in [6, 6.07) is 3.50. The van der Waals surface area contributed by atoms with Crippen LogP contribution in [-0.2, 0) is 12.7 Å². The van der Waals surface area contributed by atoms with Crippen molar-refractivity contribution in [3.8, 4) is 0 Å². The van der Waals surface area contributed by atoms with E-state index in [9.17, 15) is 17.6 Å². The zero-order valence-electron chi connectivity index (χ0n) is 10.4. The second kappa shape index (κ2) is 5.46. The Morgan fingerprint density at radius 3 is 2.63 bits per heavy atom. The summed E-state index contributed by atoms with van der Waals surface area (Å²) in [4.78, 5) is 1.89. The van der Waals surface area contributed by atoms with Gasteiger partial charge in [0.25, 0.3) is 0 Å². The molecule has 1 aromatic rings. The molecular formula is C13H16F4N2. The third-order valence-corrected chi connectivity index (χ3v) is 3.48. The molecule has 0 amide bonds. The number of nitrogens with zero attached hydrogens (tertiary/aromatic N) is 1. The molecule has 2 rings (SSSR count). The van der Waals surface area contributed by atoms with E-state index in [1.54, 1.807) is 0 Å². The van der Waals surface area contributed by atoms with E-state index in [1.165, 1.54) is 12.1 Å². The second-order valence-electron chi connectivity index (χ2n) is 4.90. The highest BCUT2D eigenvalue weighted by Gasteiger charge is 2.37. The van der Waals surface area contributed by atoms with Crippen LogP contribution in [0.15, 0.2) is 18.2 Å². The van der Waals surface area contributed by atoms with Crippen molar-refractivity contribution in [3.63, 3.8) is 0 Å². The Hall–Kier alpha value is -1.14. The molecular weight excluding hydrogens is 260 g/mol. The van der Waals surface area contributed by atoms with Crippen molar-refractivity contribution in [2.45, 2.75) is 19.1 Å². The summed E-state index contributed by atoms with van der Waals surface area (Å²) in [6.45, 7) is 2.02. The Morgan fingerprint density at radius 2 is 2.05 bits per heavy atom. The number of hydrogen-bond donors (Lipinski definition) is 1. The van der Waals surface area contributed by atoms with Crippen molar-refractivity contribution in [2.24, 2.45) is 11.7 Å². The molecule has 0 saturated carbocycles. The highest BCUT2D eigenvalue weighted by Crippen LogP contribution is 2.35. The number of halogens is 4. The van der Waals surface area contributed by atoms with Crippen LogP contribution in [-0.4, -0.2) is 24.5 Å². The maximum Gasteiger partial charge on any atom is 0.419 e. The van der Waals surface area contributed by atoms with Crippen LogP contribution in [0.25, 0.3) is 0 Å². The van der Waals surface area contributed by atoms with Gasteiger partial charge >= 0.3 is 6.18 Å². The monoisotopic (exact) mass is 276 g/mol. The van der Waals surface area contributed by atoms with Crippen LogP contribution in [0.1, 0.15) is 17.5 Å². The fraction of sp³-hybridized carbons (Fsp3) is 0.538. The summed E-state index contributed by atoms with van der Waals surface area (Å²) in [5.74, 6) is -0.887. The predicted octanol–water partition coefficient (Wildman–Crippen LogP) is 2.63. The van der Waals surface area contributed by atoms with Crippen LogP contribution < -0.4 is 5.73 Å². The fourth-order valence-electron chi connectivity index (χ4n) is 2.51. The SMILES string of the molecule is NC[C@H]1CCN(Cc2cccc(F)c2C(F)(F)F)C1. The van der Waals surface area contributed by atoms with Crippen LogP contribution in [0, 0.1) is 11.7 Å². The molecule has 1 heterocycles. The molecule has 1 fully saturated rings. The Bertz CT molecular complexity index is 445. The molecule has 0 bridgehead atoms. The van der Waals surface area contributed by atoms with Gasteiger partial charge in [0.2, 0.25) is 0 Å². The standard InChI is InChI=1S/C13H16F4N2/c14-11-3-1-2-10(12(11)13(15,16)17)8-19-5-4-9(6-18)7-19/h1-3,9H,4-8,18H2/t9-/m1/s1. The molecule has 1 aliphatic heterocycles. The Labute approximate surface area is 109 Å². The number of likely N-dealkylation sites (tertiary alicyclic amines) is 1. The fourth-order valence-corrected chi connectivity index (χ4v) is 2.51. The average molecular weight is 276 g/mol. The molecule has 1 aliphatic rings. The van der Waals surface area contributed by atoms with Gasteiger partial charge in [-0.3, -0.25) is 4.90 Å². The van der Waals surface area contributed by atoms with E-state index in [0.29, 0.717) is 25.6 Å². The van der Waals surface area contributed by atoms with E-state index < -0.39 is 17.6 Å². The van der Waals surface area contributed by atoms with Crippen molar-refractivity contribution >= 4 is 0 Å². The molecule has 0 radical (unpaired) electrons. The summed E-state index contributed by atoms with van der Waals surface area (Å²) < 4.78 is 51.9. The van der Waals surface area contributed by atoms with Gasteiger partial charge in [-0.2, -0.15) is 13.2 Å². The minimum Gasteiger partial charge on any atom is -0.330 e. The number of rotatable bonds is 3. The van der Waals surface area contributed by atoms with Gasteiger partial charge in [0.05, 0.1) is 5.56 Å². The molecule has 106 valence electrons. The van der Waals surface area contributed by atoms with Gasteiger partial charge in [0.1, 0.15) is 5.82 Å². The van der Waals surface area contributed by atoms with E-state index in [2.05, 4.69) is 0 Å². The van der Waals surface area contributed by atoms with E-state index in [0.717, 1.165) is 12.5 Å². The van der Waals surface area contributed by atoms with Gasteiger partial charge in [0.15, 0.2) is 0 Å². The lowest BCUT2D eigenvalue weighted by Gasteiger charge is -2.19. The van der Waals surface area contributed by atoms with Gasteiger partial charge in [-0.1, -0.05) is 12.1 Å². The van der Waals surface area contributed by atoms with Crippen molar-refractivity contribution in [3.05, 3.63) is 35.1 Å². The number of alkyl halides is 3. The summed E-state index contributed by atoms with van der Waals surface area (Å²) >= 11 is 0. The van der Waals surface area contributed by atoms with Crippen molar-refractivity contribution in [2.75, 3.05) is 19.6 Å². The average Bonchev–Trinajstić information content (AvgIpc) is 2.75. The summed E-state index contributed by atoms with van der Waals surface area (Å²) in [5, 5.41) is 0. The van der Waals surface area contributed by atoms with Gasteiger partial charge < -0.3 is 5.73 Å². The van der Waals surface area contributed by atoms with Crippen LogP contribution in [0.4, 0.5) is 17.6 Å². The molecule has 1 saturated heterocycles. The lowest BCUT2D eigenvalue weighted by atomic mass is 10.1. The van der Waals surface area contributed by atoms with Crippen molar-refractivity contribution in [1.82, 2.24) is 4.90 Å². The zero-order valence-corrected chi connectivity index (χ0v) is 10.4. The third-order valence-electron chi connectivity index (χ3n) is 3.48. The van der Waals surface area contributed by atoms with Crippen molar-refractivity contribution < 1.29 is 17.6 Å². The van der Waals surface area contributed by atoms with E-state index >= 15 is 0 Å². The van der Waals surface area contributed by atoms with Gasteiger partial charge in [0, 0.05) is 13.1 Å². The Balaban J connectivity index is 2.19. The van der Waals surface area contributed by atoms with Gasteiger partial charge in [-0.05, 0) is 37.1 Å². The molecule has 6 heteroatoms. The molecule has 19 heavy (non-hydrogen) atoms. The lowest BCUT2D eigenvalue weighted by Crippen LogP contribution is -2.24. The largest absolute Gasteiger partial charge is 0.419 e. The van der Waals surface area contributed by atoms with E-state index in [1.807, 2.05) is 4.90 Å². The zero-order chi connectivity index (χ0) is 14.0. The maximum atomic E-state index is 13.4. The summed E-state index contributed by atoms with van der Waals surface area (Å²) in [7, 11) is 0. The first-order valence-electron chi connectivity index (χ1n) is 6.19. The molecule has 1 aromatic carbocycles. The highest BCUT2D eigenvalue weighted by atomic mass is 19.4. The third kappa shape index (κ3) is 3.25. The first-order chi connectivity index (χ1) is 8.91. The Morgan fingerprint density at radius 1 is 1.32 bits per heavy atom. The second-order valence-corrected chi connectivity index (χ2v) is 4.90. The van der Waals surface area contributed by atoms with E-state index in [4.69, 9.17) is 5.73 Å². The number of hydrogen-bond acceptors (Lipinski definition) is 2. The lowest BCUT2D eigenvalue weighted by molar-refractivity contribution is -0.140. The van der Waals surface area contributed by atoms with Crippen LogP contribution >= 0.6 is 0 Å². The first kappa shape index (κ1) is 14.3. The normalized spacial score (nSPS) is 21.0. The molecule has 0 aliphatic carbocycles. The quantitative estimate of drug-likeness (QED) is 0.860. The molecule has 0 unspecified atom stereocenters.